The zero-order valence-corrected chi connectivity index (χ0v) is 13.6. The van der Waals surface area contributed by atoms with Crippen molar-refractivity contribution < 1.29 is 0 Å². The summed E-state index contributed by atoms with van der Waals surface area (Å²) >= 11 is 9.51. The van der Waals surface area contributed by atoms with Crippen LogP contribution in [0, 0.1) is 0 Å². The van der Waals surface area contributed by atoms with Crippen LogP contribution in [0.2, 0.25) is 5.02 Å². The summed E-state index contributed by atoms with van der Waals surface area (Å²) in [6.45, 7) is 3.21. The summed E-state index contributed by atoms with van der Waals surface area (Å²) < 4.78 is 2.31. The van der Waals surface area contributed by atoms with Crippen molar-refractivity contribution in [2.24, 2.45) is 0 Å². The normalized spacial score (nSPS) is 10.6. The van der Waals surface area contributed by atoms with Crippen LogP contribution in [0.4, 0.5) is 5.69 Å². The Balaban J connectivity index is 2.28. The first-order valence-electron chi connectivity index (χ1n) is 6.23. The summed E-state index contributed by atoms with van der Waals surface area (Å²) in [5.41, 5.74) is 1.54. The fourth-order valence-electron chi connectivity index (χ4n) is 1.75. The highest BCUT2D eigenvalue weighted by Gasteiger charge is 2.06. The smallest absolute Gasteiger partial charge is 0.269 e. The third kappa shape index (κ3) is 3.41. The average Bonchev–Trinajstić information content (AvgIpc) is 2.42. The summed E-state index contributed by atoms with van der Waals surface area (Å²) in [6.07, 6.45) is 1.69. The Kier molecular flexibility index (Phi) is 4.83. The van der Waals surface area contributed by atoms with E-state index >= 15 is 0 Å². The van der Waals surface area contributed by atoms with Gasteiger partial charge in [0, 0.05) is 29.2 Å². The number of aromatic nitrogens is 2. The van der Waals surface area contributed by atoms with E-state index in [9.17, 15) is 4.79 Å². The molecule has 1 aromatic heterocycles. The lowest BCUT2D eigenvalue weighted by Gasteiger charge is -2.16. The number of anilines is 1. The van der Waals surface area contributed by atoms with Crippen molar-refractivity contribution in [2.45, 2.75) is 13.5 Å². The molecular weight excluding hydrogens is 342 g/mol. The first kappa shape index (κ1) is 15.1. The van der Waals surface area contributed by atoms with E-state index in [1.54, 1.807) is 18.3 Å². The molecular formula is C14H15BrClN3O. The highest BCUT2D eigenvalue weighted by atomic mass is 79.9. The molecule has 106 valence electrons. The van der Waals surface area contributed by atoms with E-state index in [-0.39, 0.29) is 5.56 Å². The zero-order valence-electron chi connectivity index (χ0n) is 11.3. The third-order valence-electron chi connectivity index (χ3n) is 3.11. The van der Waals surface area contributed by atoms with Crippen LogP contribution in [0.15, 0.2) is 39.7 Å². The van der Waals surface area contributed by atoms with Gasteiger partial charge in [-0.05, 0) is 24.6 Å². The van der Waals surface area contributed by atoms with Crippen LogP contribution < -0.4 is 10.5 Å². The molecule has 1 heterocycles. The fourth-order valence-corrected chi connectivity index (χ4v) is 2.48. The summed E-state index contributed by atoms with van der Waals surface area (Å²) in [5.74, 6) is 0. The van der Waals surface area contributed by atoms with E-state index in [1.165, 1.54) is 4.68 Å². The molecule has 0 aliphatic rings. The van der Waals surface area contributed by atoms with Crippen LogP contribution in [0.5, 0.6) is 0 Å². The monoisotopic (exact) mass is 355 g/mol. The molecule has 0 fully saturated rings. The molecule has 0 amide bonds. The summed E-state index contributed by atoms with van der Waals surface area (Å²) in [5, 5.41) is 4.81. The lowest BCUT2D eigenvalue weighted by atomic mass is 10.2. The molecule has 4 nitrogen and oxygen atoms in total. The van der Waals surface area contributed by atoms with E-state index in [4.69, 9.17) is 11.6 Å². The maximum Gasteiger partial charge on any atom is 0.269 e. The van der Waals surface area contributed by atoms with Crippen LogP contribution in [-0.4, -0.2) is 23.4 Å². The van der Waals surface area contributed by atoms with Gasteiger partial charge in [-0.3, -0.25) is 4.79 Å². The molecule has 0 bridgehead atoms. The number of rotatable bonds is 4. The number of hydrogen-bond acceptors (Lipinski definition) is 3. The van der Waals surface area contributed by atoms with Crippen LogP contribution in [0.1, 0.15) is 12.5 Å². The average molecular weight is 357 g/mol. The molecule has 20 heavy (non-hydrogen) atoms. The first-order chi connectivity index (χ1) is 9.51. The van der Waals surface area contributed by atoms with E-state index in [0.717, 1.165) is 22.3 Å². The molecule has 6 heteroatoms. The van der Waals surface area contributed by atoms with E-state index in [1.807, 2.05) is 31.0 Å². The number of benzene rings is 1. The fraction of sp³-hybridized carbons (Fsp3) is 0.286. The molecule has 0 N–H and O–H groups in total. The molecule has 2 aromatic rings. The van der Waals surface area contributed by atoms with Crippen molar-refractivity contribution in [1.29, 1.82) is 0 Å². The van der Waals surface area contributed by atoms with Gasteiger partial charge >= 0.3 is 0 Å². The van der Waals surface area contributed by atoms with Gasteiger partial charge in [0.1, 0.15) is 0 Å². The van der Waals surface area contributed by atoms with Gasteiger partial charge in [0.2, 0.25) is 0 Å². The van der Waals surface area contributed by atoms with Gasteiger partial charge in [0.25, 0.3) is 5.56 Å². The Morgan fingerprint density at radius 1 is 1.40 bits per heavy atom. The molecule has 1 aromatic carbocycles. The molecule has 0 spiro atoms. The Morgan fingerprint density at radius 2 is 2.15 bits per heavy atom. The topological polar surface area (TPSA) is 38.1 Å². The highest BCUT2D eigenvalue weighted by Crippen LogP contribution is 2.21. The minimum Gasteiger partial charge on any atom is -0.373 e. The summed E-state index contributed by atoms with van der Waals surface area (Å²) in [4.78, 5) is 14.0. The molecule has 0 radical (unpaired) electrons. The van der Waals surface area contributed by atoms with Gasteiger partial charge in [-0.1, -0.05) is 33.6 Å². The van der Waals surface area contributed by atoms with E-state index < -0.39 is 0 Å². The lowest BCUT2D eigenvalue weighted by molar-refractivity contribution is 0.637. The summed E-state index contributed by atoms with van der Waals surface area (Å²) in [6, 6.07) is 7.17. The van der Waals surface area contributed by atoms with Crippen LogP contribution in [0.25, 0.3) is 0 Å². The minimum atomic E-state index is -0.137. The predicted octanol–water partition coefficient (Wildman–Crippen LogP) is 3.16. The van der Waals surface area contributed by atoms with Gasteiger partial charge in [0.15, 0.2) is 0 Å². The van der Waals surface area contributed by atoms with Gasteiger partial charge < -0.3 is 4.90 Å². The number of hydrogen-bond donors (Lipinski definition) is 0. The molecule has 0 aliphatic heterocycles. The quantitative estimate of drug-likeness (QED) is 0.844. The van der Waals surface area contributed by atoms with Crippen LogP contribution in [-0.2, 0) is 6.54 Å². The second-order valence-corrected chi connectivity index (χ2v) is 5.78. The SMILES string of the molecule is CCN(C)c1cnn(Cc2ccc(Br)cc2Cl)c(=O)c1. The number of nitrogens with zero attached hydrogens (tertiary/aromatic N) is 3. The van der Waals surface area contributed by atoms with Crippen LogP contribution in [0.3, 0.4) is 0 Å². The van der Waals surface area contributed by atoms with Gasteiger partial charge in [-0.2, -0.15) is 5.10 Å². The molecule has 0 unspecified atom stereocenters. The maximum absolute atomic E-state index is 12.1. The standard InChI is InChI=1S/C14H15BrClN3O/c1-3-18(2)12-7-14(20)19(17-8-12)9-10-4-5-11(15)6-13(10)16/h4-8H,3,9H2,1-2H3. The van der Waals surface area contributed by atoms with Crippen molar-refractivity contribution in [3.63, 3.8) is 0 Å². The molecule has 0 atom stereocenters. The molecule has 0 aliphatic carbocycles. The lowest BCUT2D eigenvalue weighted by Crippen LogP contribution is -2.26. The largest absolute Gasteiger partial charge is 0.373 e. The van der Waals surface area contributed by atoms with Crippen LogP contribution >= 0.6 is 27.5 Å². The van der Waals surface area contributed by atoms with E-state index in [0.29, 0.717) is 11.6 Å². The number of halogens is 2. The maximum atomic E-state index is 12.1. The van der Waals surface area contributed by atoms with Crippen molar-refractivity contribution in [3.05, 3.63) is 55.9 Å². The Labute approximate surface area is 131 Å². The Hall–Kier alpha value is -1.33. The van der Waals surface area contributed by atoms with Gasteiger partial charge in [0.05, 0.1) is 18.4 Å². The second-order valence-electron chi connectivity index (χ2n) is 4.46. The van der Waals surface area contributed by atoms with E-state index in [2.05, 4.69) is 21.0 Å². The second kappa shape index (κ2) is 6.41. The van der Waals surface area contributed by atoms with Crippen molar-refractivity contribution in [3.8, 4) is 0 Å². The van der Waals surface area contributed by atoms with Crippen molar-refractivity contribution >= 4 is 33.2 Å². The summed E-state index contributed by atoms with van der Waals surface area (Å²) in [7, 11) is 1.92. The predicted molar refractivity (Wildman–Crippen MR) is 85.7 cm³/mol. The molecule has 0 saturated heterocycles. The van der Waals surface area contributed by atoms with Gasteiger partial charge in [-0.25, -0.2) is 4.68 Å². The molecule has 2 rings (SSSR count). The van der Waals surface area contributed by atoms with Crippen molar-refractivity contribution in [1.82, 2.24) is 9.78 Å². The first-order valence-corrected chi connectivity index (χ1v) is 7.40. The van der Waals surface area contributed by atoms with Crippen molar-refractivity contribution in [2.75, 3.05) is 18.5 Å². The minimum absolute atomic E-state index is 0.137. The Morgan fingerprint density at radius 3 is 2.75 bits per heavy atom. The zero-order chi connectivity index (χ0) is 14.7. The third-order valence-corrected chi connectivity index (χ3v) is 3.95. The molecule has 0 saturated carbocycles. The Bertz CT molecular complexity index is 672. The highest BCUT2D eigenvalue weighted by molar-refractivity contribution is 9.10. The van der Waals surface area contributed by atoms with Gasteiger partial charge in [-0.15, -0.1) is 0 Å².